The van der Waals surface area contributed by atoms with Crippen molar-refractivity contribution in [2.75, 3.05) is 5.32 Å². The Morgan fingerprint density at radius 2 is 2.00 bits per heavy atom. The van der Waals surface area contributed by atoms with E-state index >= 15 is 0 Å². The average Bonchev–Trinajstić information content (AvgIpc) is 3.30. The first-order valence-electron chi connectivity index (χ1n) is 9.02. The Kier molecular flexibility index (Phi) is 5.12. The smallest absolute Gasteiger partial charge is 0.328 e. The number of anilines is 1. The van der Waals surface area contributed by atoms with E-state index in [2.05, 4.69) is 31.3 Å². The first-order valence-corrected chi connectivity index (χ1v) is 9.81. The van der Waals surface area contributed by atoms with Crippen molar-refractivity contribution in [2.24, 2.45) is 14.1 Å². The van der Waals surface area contributed by atoms with Crippen LogP contribution in [-0.2, 0) is 32.0 Å². The fourth-order valence-corrected chi connectivity index (χ4v) is 3.68. The predicted molar refractivity (Wildman–Crippen MR) is 114 cm³/mol. The van der Waals surface area contributed by atoms with Gasteiger partial charge >= 0.3 is 5.69 Å². The van der Waals surface area contributed by atoms with Gasteiger partial charge in [0, 0.05) is 24.6 Å². The molecule has 10 nitrogen and oxygen atoms in total. The van der Waals surface area contributed by atoms with Crippen molar-refractivity contribution in [1.29, 1.82) is 0 Å². The standard InChI is InChI=1S/C19H18BrN7O3/c1-24-11-21-17-16(24)18(29)26(19(30)25(17)2)10-15(28)23-14-6-7-22-27(14)9-12-4-3-5-13(20)8-12/h3-8,11H,9-10H2,1-2H3,(H,23,28). The number of nitrogens with zero attached hydrogens (tertiary/aromatic N) is 6. The highest BCUT2D eigenvalue weighted by molar-refractivity contribution is 9.10. The molecule has 0 fully saturated rings. The van der Waals surface area contributed by atoms with Gasteiger partial charge in [-0.25, -0.2) is 19.0 Å². The first kappa shape index (κ1) is 19.8. The summed E-state index contributed by atoms with van der Waals surface area (Å²) < 4.78 is 6.25. The molecule has 1 amide bonds. The molecule has 0 aliphatic heterocycles. The number of aryl methyl sites for hydroxylation is 2. The van der Waals surface area contributed by atoms with E-state index in [9.17, 15) is 14.4 Å². The number of carbonyl (C=O) groups excluding carboxylic acids is 1. The zero-order valence-corrected chi connectivity index (χ0v) is 17.8. The summed E-state index contributed by atoms with van der Waals surface area (Å²) in [7, 11) is 3.17. The van der Waals surface area contributed by atoms with E-state index < -0.39 is 23.7 Å². The third-order valence-electron chi connectivity index (χ3n) is 4.71. The first-order chi connectivity index (χ1) is 14.3. The van der Waals surface area contributed by atoms with Crippen LogP contribution in [0.2, 0.25) is 0 Å². The number of carbonyl (C=O) groups is 1. The number of hydrogen-bond acceptors (Lipinski definition) is 5. The molecule has 4 aromatic rings. The number of fused-ring (bicyclic) bond motifs is 1. The molecular formula is C19H18BrN7O3. The third kappa shape index (κ3) is 3.59. The quantitative estimate of drug-likeness (QED) is 0.468. The molecule has 30 heavy (non-hydrogen) atoms. The van der Waals surface area contributed by atoms with Gasteiger partial charge in [0.25, 0.3) is 5.56 Å². The number of halogens is 1. The second-order valence-electron chi connectivity index (χ2n) is 6.81. The Hall–Kier alpha value is -3.47. The summed E-state index contributed by atoms with van der Waals surface area (Å²) in [6, 6.07) is 9.40. The summed E-state index contributed by atoms with van der Waals surface area (Å²) in [6.45, 7) is 0.0272. The van der Waals surface area contributed by atoms with Gasteiger partial charge < -0.3 is 9.88 Å². The molecule has 0 aliphatic carbocycles. The van der Waals surface area contributed by atoms with Gasteiger partial charge in [-0.2, -0.15) is 5.10 Å². The summed E-state index contributed by atoms with van der Waals surface area (Å²) in [4.78, 5) is 42.0. The van der Waals surface area contributed by atoms with Crippen LogP contribution in [0, 0.1) is 0 Å². The Balaban J connectivity index is 1.58. The van der Waals surface area contributed by atoms with Crippen LogP contribution in [0.4, 0.5) is 5.82 Å². The Bertz CT molecular complexity index is 1380. The number of hydrogen-bond donors (Lipinski definition) is 1. The van der Waals surface area contributed by atoms with Crippen LogP contribution >= 0.6 is 15.9 Å². The minimum Gasteiger partial charge on any atom is -0.328 e. The van der Waals surface area contributed by atoms with Crippen molar-refractivity contribution in [3.05, 3.63) is 73.7 Å². The van der Waals surface area contributed by atoms with Gasteiger partial charge in [-0.1, -0.05) is 28.1 Å². The van der Waals surface area contributed by atoms with Gasteiger partial charge in [0.05, 0.1) is 19.1 Å². The van der Waals surface area contributed by atoms with Crippen LogP contribution in [0.1, 0.15) is 5.56 Å². The third-order valence-corrected chi connectivity index (χ3v) is 5.20. The maximum Gasteiger partial charge on any atom is 0.332 e. The number of amides is 1. The largest absolute Gasteiger partial charge is 0.332 e. The van der Waals surface area contributed by atoms with Crippen molar-refractivity contribution in [3.63, 3.8) is 0 Å². The topological polar surface area (TPSA) is 109 Å². The number of benzene rings is 1. The molecule has 0 bridgehead atoms. The van der Waals surface area contributed by atoms with Crippen molar-refractivity contribution >= 4 is 38.8 Å². The molecule has 0 atom stereocenters. The molecule has 0 saturated heterocycles. The second-order valence-corrected chi connectivity index (χ2v) is 7.73. The van der Waals surface area contributed by atoms with Gasteiger partial charge in [-0.15, -0.1) is 0 Å². The van der Waals surface area contributed by atoms with E-state index in [1.165, 1.54) is 22.5 Å². The number of imidazole rings is 1. The molecule has 3 heterocycles. The Labute approximate surface area is 178 Å². The van der Waals surface area contributed by atoms with E-state index in [1.807, 2.05) is 24.3 Å². The molecule has 0 radical (unpaired) electrons. The maximum absolute atomic E-state index is 12.7. The van der Waals surface area contributed by atoms with Gasteiger partial charge in [-0.05, 0) is 17.7 Å². The summed E-state index contributed by atoms with van der Waals surface area (Å²) in [6.07, 6.45) is 3.02. The van der Waals surface area contributed by atoms with E-state index in [0.717, 1.165) is 14.6 Å². The second kappa shape index (κ2) is 7.75. The fraction of sp³-hybridized carbons (Fsp3) is 0.211. The molecule has 0 unspecified atom stereocenters. The number of rotatable bonds is 5. The lowest BCUT2D eigenvalue weighted by atomic mass is 10.2. The molecule has 0 saturated carbocycles. The molecule has 1 aromatic carbocycles. The number of aromatic nitrogens is 6. The van der Waals surface area contributed by atoms with Crippen molar-refractivity contribution in [3.8, 4) is 0 Å². The average molecular weight is 472 g/mol. The van der Waals surface area contributed by atoms with Gasteiger partial charge in [0.15, 0.2) is 11.2 Å². The molecule has 154 valence electrons. The summed E-state index contributed by atoms with van der Waals surface area (Å²) >= 11 is 3.43. The minimum absolute atomic E-state index is 0.254. The Morgan fingerprint density at radius 3 is 2.77 bits per heavy atom. The lowest BCUT2D eigenvalue weighted by Crippen LogP contribution is -2.42. The minimum atomic E-state index is -0.607. The van der Waals surface area contributed by atoms with E-state index in [-0.39, 0.29) is 11.2 Å². The van der Waals surface area contributed by atoms with E-state index in [1.54, 1.807) is 24.0 Å². The van der Waals surface area contributed by atoms with E-state index in [4.69, 9.17) is 0 Å². The monoisotopic (exact) mass is 471 g/mol. The molecule has 1 N–H and O–H groups in total. The van der Waals surface area contributed by atoms with Crippen molar-refractivity contribution < 1.29 is 4.79 Å². The van der Waals surface area contributed by atoms with Gasteiger partial charge in [0.2, 0.25) is 5.91 Å². The number of nitrogens with one attached hydrogen (secondary N) is 1. The summed E-state index contributed by atoms with van der Waals surface area (Å²) in [5.74, 6) is -0.0434. The normalized spacial score (nSPS) is 11.2. The molecular weight excluding hydrogens is 454 g/mol. The molecule has 3 aromatic heterocycles. The molecule has 4 rings (SSSR count). The highest BCUT2D eigenvalue weighted by atomic mass is 79.9. The van der Waals surface area contributed by atoms with Crippen LogP contribution in [0.15, 0.2) is 56.9 Å². The van der Waals surface area contributed by atoms with E-state index in [0.29, 0.717) is 12.4 Å². The van der Waals surface area contributed by atoms with Crippen molar-refractivity contribution in [1.82, 2.24) is 28.5 Å². The maximum atomic E-state index is 12.7. The predicted octanol–water partition coefficient (Wildman–Crippen LogP) is 1.08. The highest BCUT2D eigenvalue weighted by Crippen LogP contribution is 2.15. The van der Waals surface area contributed by atoms with Crippen LogP contribution < -0.4 is 16.6 Å². The van der Waals surface area contributed by atoms with Gasteiger partial charge in [0.1, 0.15) is 12.4 Å². The van der Waals surface area contributed by atoms with Crippen LogP contribution in [0.25, 0.3) is 11.2 Å². The zero-order valence-electron chi connectivity index (χ0n) is 16.2. The molecule has 0 aliphatic rings. The zero-order chi connectivity index (χ0) is 21.4. The van der Waals surface area contributed by atoms with Crippen LogP contribution in [-0.4, -0.2) is 34.4 Å². The van der Waals surface area contributed by atoms with Crippen molar-refractivity contribution in [2.45, 2.75) is 13.1 Å². The summed E-state index contributed by atoms with van der Waals surface area (Å²) in [5, 5.41) is 6.96. The highest BCUT2D eigenvalue weighted by Gasteiger charge is 2.17. The lowest BCUT2D eigenvalue weighted by Gasteiger charge is -2.11. The summed E-state index contributed by atoms with van der Waals surface area (Å²) in [5.41, 5.74) is 0.353. The molecule has 11 heteroatoms. The fourth-order valence-electron chi connectivity index (χ4n) is 3.23. The van der Waals surface area contributed by atoms with Gasteiger partial charge in [-0.3, -0.25) is 14.2 Å². The van der Waals surface area contributed by atoms with Crippen LogP contribution in [0.5, 0.6) is 0 Å². The lowest BCUT2D eigenvalue weighted by molar-refractivity contribution is -0.116. The SMILES string of the molecule is Cn1cnc2c1c(=O)n(CC(=O)Nc1ccnn1Cc1cccc(Br)c1)c(=O)n2C. The Morgan fingerprint density at radius 1 is 1.20 bits per heavy atom. The van der Waals surface area contributed by atoms with Crippen LogP contribution in [0.3, 0.4) is 0 Å². The molecule has 0 spiro atoms.